The van der Waals surface area contributed by atoms with Crippen LogP contribution in [0.15, 0.2) is 30.7 Å². The van der Waals surface area contributed by atoms with Gasteiger partial charge in [-0.05, 0) is 18.6 Å². The summed E-state index contributed by atoms with van der Waals surface area (Å²) in [4.78, 5) is 23.9. The second-order valence-electron chi connectivity index (χ2n) is 3.67. The molecule has 6 heteroatoms. The Hall–Kier alpha value is -2.50. The maximum Gasteiger partial charge on any atom is 0.257 e. The molecule has 2 rings (SSSR count). The number of rotatable bonds is 3. The number of aryl methyl sites for hydroxylation is 1. The molecule has 2 aromatic rings. The zero-order chi connectivity index (χ0) is 13.0. The molecule has 2 aromatic heterocycles. The van der Waals surface area contributed by atoms with Gasteiger partial charge in [-0.3, -0.25) is 9.78 Å². The van der Waals surface area contributed by atoms with E-state index in [-0.39, 0.29) is 5.91 Å². The average molecular weight is 243 g/mol. The van der Waals surface area contributed by atoms with Gasteiger partial charge in [-0.25, -0.2) is 9.97 Å². The fourth-order valence-electron chi connectivity index (χ4n) is 1.48. The van der Waals surface area contributed by atoms with Crippen LogP contribution in [0.1, 0.15) is 23.0 Å². The van der Waals surface area contributed by atoms with Crippen molar-refractivity contribution in [3.8, 4) is 0 Å². The van der Waals surface area contributed by atoms with Crippen molar-refractivity contribution < 1.29 is 4.79 Å². The third-order valence-corrected chi connectivity index (χ3v) is 2.33. The highest BCUT2D eigenvalue weighted by Crippen LogP contribution is 2.10. The summed E-state index contributed by atoms with van der Waals surface area (Å²) < 4.78 is 0. The Labute approximate surface area is 104 Å². The van der Waals surface area contributed by atoms with Crippen molar-refractivity contribution in [2.45, 2.75) is 13.3 Å². The van der Waals surface area contributed by atoms with Gasteiger partial charge in [-0.2, -0.15) is 0 Å². The van der Waals surface area contributed by atoms with Crippen LogP contribution in [0.25, 0.3) is 0 Å². The number of nitrogens with one attached hydrogen (secondary N) is 1. The smallest absolute Gasteiger partial charge is 0.257 e. The lowest BCUT2D eigenvalue weighted by molar-refractivity contribution is 0.102. The van der Waals surface area contributed by atoms with E-state index in [1.165, 1.54) is 24.7 Å². The Kier molecular flexibility index (Phi) is 3.47. The molecule has 0 unspecified atom stereocenters. The molecule has 2 heterocycles. The number of aromatic nitrogens is 3. The molecule has 1 amide bonds. The molecular formula is C12H13N5O. The van der Waals surface area contributed by atoms with Gasteiger partial charge in [0.05, 0.1) is 6.20 Å². The van der Waals surface area contributed by atoms with Crippen LogP contribution in [0.2, 0.25) is 0 Å². The molecule has 0 bridgehead atoms. The molecule has 0 aliphatic rings. The molecule has 0 atom stereocenters. The highest BCUT2D eigenvalue weighted by atomic mass is 16.1. The third kappa shape index (κ3) is 2.79. The minimum absolute atomic E-state index is 0.278. The average Bonchev–Trinajstić information content (AvgIpc) is 2.39. The number of hydrogen-bond donors (Lipinski definition) is 2. The number of anilines is 2. The van der Waals surface area contributed by atoms with E-state index in [4.69, 9.17) is 5.73 Å². The first-order valence-electron chi connectivity index (χ1n) is 5.53. The van der Waals surface area contributed by atoms with Gasteiger partial charge >= 0.3 is 0 Å². The number of nitrogen functional groups attached to an aromatic ring is 1. The topological polar surface area (TPSA) is 93.8 Å². The van der Waals surface area contributed by atoms with Crippen LogP contribution in [-0.4, -0.2) is 20.9 Å². The van der Waals surface area contributed by atoms with Crippen LogP contribution in [-0.2, 0) is 6.42 Å². The number of carbonyl (C=O) groups excluding carboxylic acids is 1. The van der Waals surface area contributed by atoms with Gasteiger partial charge < -0.3 is 11.1 Å². The highest BCUT2D eigenvalue weighted by molar-refractivity contribution is 6.04. The van der Waals surface area contributed by atoms with Gasteiger partial charge in [-0.1, -0.05) is 6.92 Å². The summed E-state index contributed by atoms with van der Waals surface area (Å²) in [6, 6.07) is 3.24. The minimum Gasteiger partial charge on any atom is -0.384 e. The summed E-state index contributed by atoms with van der Waals surface area (Å²) in [6.45, 7) is 1.95. The molecule has 3 N–H and O–H groups in total. The summed E-state index contributed by atoms with van der Waals surface area (Å²) in [5, 5.41) is 2.64. The first-order valence-corrected chi connectivity index (χ1v) is 5.53. The third-order valence-electron chi connectivity index (χ3n) is 2.33. The highest BCUT2D eigenvalue weighted by Gasteiger charge is 2.09. The number of hydrogen-bond acceptors (Lipinski definition) is 5. The Morgan fingerprint density at radius 3 is 2.89 bits per heavy atom. The lowest BCUT2D eigenvalue weighted by atomic mass is 10.2. The molecular weight excluding hydrogens is 230 g/mol. The predicted octanol–water partition coefficient (Wildman–Crippen LogP) is 1.27. The summed E-state index contributed by atoms with van der Waals surface area (Å²) in [7, 11) is 0. The molecule has 6 nitrogen and oxygen atoms in total. The van der Waals surface area contributed by atoms with Gasteiger partial charge in [0, 0.05) is 23.7 Å². The summed E-state index contributed by atoms with van der Waals surface area (Å²) in [5.41, 5.74) is 6.89. The Morgan fingerprint density at radius 2 is 2.22 bits per heavy atom. The molecule has 0 spiro atoms. The van der Waals surface area contributed by atoms with E-state index in [9.17, 15) is 4.79 Å². The van der Waals surface area contributed by atoms with Crippen molar-refractivity contribution >= 4 is 17.5 Å². The minimum atomic E-state index is -0.278. The molecule has 92 valence electrons. The number of nitrogens with two attached hydrogens (primary N) is 1. The second-order valence-corrected chi connectivity index (χ2v) is 3.67. The fraction of sp³-hybridized carbons (Fsp3) is 0.167. The molecule has 0 aromatic carbocycles. The van der Waals surface area contributed by atoms with E-state index in [1.807, 2.05) is 6.92 Å². The van der Waals surface area contributed by atoms with E-state index in [2.05, 4.69) is 20.3 Å². The zero-order valence-electron chi connectivity index (χ0n) is 9.92. The Bertz CT molecular complexity index is 556. The zero-order valence-corrected chi connectivity index (χ0v) is 9.92. The molecule has 0 saturated heterocycles. The first-order chi connectivity index (χ1) is 8.69. The van der Waals surface area contributed by atoms with Crippen molar-refractivity contribution in [1.29, 1.82) is 0 Å². The lowest BCUT2D eigenvalue weighted by Crippen LogP contribution is -2.14. The Balaban J connectivity index is 2.21. The summed E-state index contributed by atoms with van der Waals surface area (Å²) in [5.74, 6) is 0.453. The molecule has 18 heavy (non-hydrogen) atoms. The van der Waals surface area contributed by atoms with Gasteiger partial charge in [0.15, 0.2) is 5.82 Å². The number of amides is 1. The fourth-order valence-corrected chi connectivity index (χ4v) is 1.48. The molecule has 0 aliphatic heterocycles. The van der Waals surface area contributed by atoms with Crippen molar-refractivity contribution in [3.63, 3.8) is 0 Å². The standard InChI is InChI=1S/C12H13N5O/c1-2-9-5-8(6-10(13)16-9)12(18)17-11-7-14-3-4-15-11/h3-7H,2H2,1H3,(H2,13,16)(H,15,17,18). The van der Waals surface area contributed by atoms with Gasteiger partial charge in [-0.15, -0.1) is 0 Å². The van der Waals surface area contributed by atoms with Gasteiger partial charge in [0.25, 0.3) is 5.91 Å². The SMILES string of the molecule is CCc1cc(C(=O)Nc2cnccn2)cc(N)n1. The van der Waals surface area contributed by atoms with Crippen LogP contribution in [0.5, 0.6) is 0 Å². The normalized spacial score (nSPS) is 10.1. The second kappa shape index (κ2) is 5.22. The number of pyridine rings is 1. The summed E-state index contributed by atoms with van der Waals surface area (Å²) in [6.07, 6.45) is 5.24. The van der Waals surface area contributed by atoms with E-state index >= 15 is 0 Å². The van der Waals surface area contributed by atoms with Gasteiger partial charge in [0.1, 0.15) is 5.82 Å². The van der Waals surface area contributed by atoms with E-state index in [0.29, 0.717) is 17.2 Å². The maximum absolute atomic E-state index is 12.0. The van der Waals surface area contributed by atoms with Gasteiger partial charge in [0.2, 0.25) is 0 Å². The molecule has 0 fully saturated rings. The number of carbonyl (C=O) groups is 1. The monoisotopic (exact) mass is 243 g/mol. The van der Waals surface area contributed by atoms with Crippen LogP contribution in [0.3, 0.4) is 0 Å². The summed E-state index contributed by atoms with van der Waals surface area (Å²) >= 11 is 0. The van der Waals surface area contributed by atoms with E-state index in [1.54, 1.807) is 6.07 Å². The quantitative estimate of drug-likeness (QED) is 0.846. The van der Waals surface area contributed by atoms with E-state index in [0.717, 1.165) is 12.1 Å². The van der Waals surface area contributed by atoms with Crippen LogP contribution in [0.4, 0.5) is 11.6 Å². The molecule has 0 radical (unpaired) electrons. The first kappa shape index (κ1) is 12.0. The van der Waals surface area contributed by atoms with Crippen molar-refractivity contribution in [2.24, 2.45) is 0 Å². The predicted molar refractivity (Wildman–Crippen MR) is 68.0 cm³/mol. The lowest BCUT2D eigenvalue weighted by Gasteiger charge is -2.06. The van der Waals surface area contributed by atoms with Crippen molar-refractivity contribution in [2.75, 3.05) is 11.1 Å². The van der Waals surface area contributed by atoms with Crippen LogP contribution < -0.4 is 11.1 Å². The van der Waals surface area contributed by atoms with E-state index < -0.39 is 0 Å². The Morgan fingerprint density at radius 1 is 1.39 bits per heavy atom. The largest absolute Gasteiger partial charge is 0.384 e. The maximum atomic E-state index is 12.0. The van der Waals surface area contributed by atoms with Crippen LogP contribution in [0, 0.1) is 0 Å². The van der Waals surface area contributed by atoms with Crippen LogP contribution >= 0.6 is 0 Å². The molecule has 0 saturated carbocycles. The van der Waals surface area contributed by atoms with Crippen molar-refractivity contribution in [3.05, 3.63) is 42.0 Å². The van der Waals surface area contributed by atoms with Crippen molar-refractivity contribution in [1.82, 2.24) is 15.0 Å². The number of nitrogens with zero attached hydrogens (tertiary/aromatic N) is 3. The molecule has 0 aliphatic carbocycles.